The summed E-state index contributed by atoms with van der Waals surface area (Å²) >= 11 is 1.41. The molecule has 0 unspecified atom stereocenters. The Hall–Kier alpha value is -2.60. The van der Waals surface area contributed by atoms with Crippen molar-refractivity contribution in [3.05, 3.63) is 52.9 Å². The maximum absolute atomic E-state index is 12.4. The zero-order chi connectivity index (χ0) is 18.7. The largest absolute Gasteiger partial charge is 0.497 e. The highest BCUT2D eigenvalue weighted by Crippen LogP contribution is 2.41. The predicted octanol–water partition coefficient (Wildman–Crippen LogP) is 3.37. The first-order valence-electron chi connectivity index (χ1n) is 8.43. The number of hydrogen-bond acceptors (Lipinski definition) is 5. The number of fused-ring (bicyclic) bond motifs is 3. The first-order valence-corrected chi connectivity index (χ1v) is 9.24. The maximum Gasteiger partial charge on any atom is 0.349 e. The minimum Gasteiger partial charge on any atom is -0.497 e. The molecule has 1 aliphatic carbocycles. The number of benzene rings is 1. The molecule has 1 N–H and O–H groups in total. The van der Waals surface area contributed by atoms with Gasteiger partial charge in [0.25, 0.3) is 5.91 Å². The van der Waals surface area contributed by atoms with Gasteiger partial charge in [-0.3, -0.25) is 4.79 Å². The highest BCUT2D eigenvalue weighted by molar-refractivity contribution is 7.17. The van der Waals surface area contributed by atoms with Crippen molar-refractivity contribution in [2.24, 2.45) is 0 Å². The average molecular weight is 371 g/mol. The van der Waals surface area contributed by atoms with Gasteiger partial charge in [-0.25, -0.2) is 4.79 Å². The molecule has 0 saturated heterocycles. The molecule has 0 aliphatic heterocycles. The van der Waals surface area contributed by atoms with Crippen LogP contribution in [0.2, 0.25) is 0 Å². The average Bonchev–Trinajstić information content (AvgIpc) is 3.10. The molecule has 6 heteroatoms. The summed E-state index contributed by atoms with van der Waals surface area (Å²) in [5.74, 6) is 0.0282. The Morgan fingerprint density at radius 3 is 2.81 bits per heavy atom. The lowest BCUT2D eigenvalue weighted by molar-refractivity contribution is -0.128. The summed E-state index contributed by atoms with van der Waals surface area (Å²) in [4.78, 5) is 25.9. The molecule has 0 saturated carbocycles. The number of hydrogen-bond donors (Lipinski definition) is 1. The monoisotopic (exact) mass is 371 g/mol. The number of carbonyl (C=O) groups is 2. The molecule has 1 aromatic heterocycles. The van der Waals surface area contributed by atoms with Crippen LogP contribution in [0.15, 0.2) is 36.9 Å². The molecule has 1 heterocycles. The first kappa shape index (κ1) is 18.2. The minimum atomic E-state index is -0.849. The van der Waals surface area contributed by atoms with Crippen molar-refractivity contribution in [3.63, 3.8) is 0 Å². The number of carbonyl (C=O) groups excluding carboxylic acids is 2. The molecular weight excluding hydrogens is 350 g/mol. The standard InChI is InChI=1S/C20H21NO4S/c1-4-9-21-19(22)12(2)25-20(23)17-11-14-6-5-13-10-15(24-3)7-8-16(13)18(14)26-17/h4,7-8,10-12H,1,5-6,9H2,2-3H3,(H,21,22)/t12-/m0/s1. The smallest absolute Gasteiger partial charge is 0.349 e. The van der Waals surface area contributed by atoms with Crippen molar-refractivity contribution in [3.8, 4) is 16.2 Å². The lowest BCUT2D eigenvalue weighted by Gasteiger charge is -2.16. The number of rotatable bonds is 6. The summed E-state index contributed by atoms with van der Waals surface area (Å²) in [5.41, 5.74) is 3.49. The van der Waals surface area contributed by atoms with Crippen molar-refractivity contribution in [2.75, 3.05) is 13.7 Å². The van der Waals surface area contributed by atoms with E-state index in [2.05, 4.69) is 11.9 Å². The van der Waals surface area contributed by atoms with Gasteiger partial charge in [0.15, 0.2) is 6.10 Å². The van der Waals surface area contributed by atoms with Crippen molar-refractivity contribution in [1.82, 2.24) is 5.32 Å². The molecule has 1 atom stereocenters. The number of nitrogens with one attached hydrogen (secondary N) is 1. The fourth-order valence-electron chi connectivity index (χ4n) is 2.93. The Morgan fingerprint density at radius 1 is 1.31 bits per heavy atom. The van der Waals surface area contributed by atoms with E-state index < -0.39 is 12.1 Å². The second-order valence-electron chi connectivity index (χ2n) is 6.07. The highest BCUT2D eigenvalue weighted by Gasteiger charge is 2.24. The van der Waals surface area contributed by atoms with E-state index in [4.69, 9.17) is 9.47 Å². The van der Waals surface area contributed by atoms with Crippen LogP contribution < -0.4 is 10.1 Å². The molecular formula is C20H21NO4S. The molecule has 1 aromatic carbocycles. The van der Waals surface area contributed by atoms with Gasteiger partial charge in [0.2, 0.25) is 0 Å². The zero-order valence-corrected chi connectivity index (χ0v) is 15.7. The van der Waals surface area contributed by atoms with Gasteiger partial charge in [-0.2, -0.15) is 0 Å². The van der Waals surface area contributed by atoms with Gasteiger partial charge in [0.05, 0.1) is 7.11 Å². The van der Waals surface area contributed by atoms with Crippen LogP contribution in [0.4, 0.5) is 0 Å². The van der Waals surface area contributed by atoms with Gasteiger partial charge in [-0.05, 0) is 60.7 Å². The van der Waals surface area contributed by atoms with Crippen LogP contribution >= 0.6 is 11.3 Å². The fraction of sp³-hybridized carbons (Fsp3) is 0.300. The van der Waals surface area contributed by atoms with Gasteiger partial charge in [-0.15, -0.1) is 17.9 Å². The summed E-state index contributed by atoms with van der Waals surface area (Å²) in [7, 11) is 1.65. The molecule has 0 fully saturated rings. The van der Waals surface area contributed by atoms with Gasteiger partial charge in [0, 0.05) is 11.4 Å². The molecule has 0 radical (unpaired) electrons. The van der Waals surface area contributed by atoms with Gasteiger partial charge < -0.3 is 14.8 Å². The Bertz CT molecular complexity index is 855. The first-order chi connectivity index (χ1) is 12.5. The van der Waals surface area contributed by atoms with E-state index in [1.165, 1.54) is 16.9 Å². The molecule has 136 valence electrons. The quantitative estimate of drug-likeness (QED) is 0.625. The SMILES string of the molecule is C=CCNC(=O)[C@H](C)OC(=O)c1cc2c(s1)-c1ccc(OC)cc1CC2. The van der Waals surface area contributed by atoms with E-state index in [-0.39, 0.29) is 5.91 Å². The number of methoxy groups -OCH3 is 1. The predicted molar refractivity (Wildman–Crippen MR) is 102 cm³/mol. The number of esters is 1. The highest BCUT2D eigenvalue weighted by atomic mass is 32.1. The van der Waals surface area contributed by atoms with Gasteiger partial charge >= 0.3 is 5.97 Å². The number of thiophene rings is 1. The molecule has 0 bridgehead atoms. The fourth-order valence-corrected chi connectivity index (χ4v) is 4.08. The molecule has 3 rings (SSSR count). The van der Waals surface area contributed by atoms with Crippen LogP contribution in [-0.2, 0) is 22.4 Å². The van der Waals surface area contributed by atoms with Crippen LogP contribution in [0.5, 0.6) is 5.75 Å². The van der Waals surface area contributed by atoms with Crippen LogP contribution in [0.1, 0.15) is 27.7 Å². The van der Waals surface area contributed by atoms with E-state index in [1.54, 1.807) is 20.1 Å². The Labute approximate surface area is 156 Å². The second-order valence-corrected chi connectivity index (χ2v) is 7.12. The Morgan fingerprint density at radius 2 is 2.08 bits per heavy atom. The zero-order valence-electron chi connectivity index (χ0n) is 14.8. The molecule has 1 aliphatic rings. The molecule has 2 aromatic rings. The maximum atomic E-state index is 12.4. The topological polar surface area (TPSA) is 64.6 Å². The summed E-state index contributed by atoms with van der Waals surface area (Å²) in [6.07, 6.45) is 2.50. The molecule has 26 heavy (non-hydrogen) atoms. The van der Waals surface area contributed by atoms with Gasteiger partial charge in [0.1, 0.15) is 10.6 Å². The second kappa shape index (κ2) is 7.74. The van der Waals surface area contributed by atoms with E-state index in [0.717, 1.165) is 34.6 Å². The van der Waals surface area contributed by atoms with E-state index in [1.807, 2.05) is 24.3 Å². The summed E-state index contributed by atoms with van der Waals surface area (Å²) in [6, 6.07) is 7.88. The Balaban J connectivity index is 1.77. The van der Waals surface area contributed by atoms with E-state index >= 15 is 0 Å². The van der Waals surface area contributed by atoms with Crippen LogP contribution in [0.25, 0.3) is 10.4 Å². The van der Waals surface area contributed by atoms with Crippen molar-refractivity contribution in [2.45, 2.75) is 25.9 Å². The number of aryl methyl sites for hydroxylation is 2. The molecule has 1 amide bonds. The lowest BCUT2D eigenvalue weighted by atomic mass is 9.91. The van der Waals surface area contributed by atoms with Crippen molar-refractivity contribution < 1.29 is 19.1 Å². The summed E-state index contributed by atoms with van der Waals surface area (Å²) < 4.78 is 10.6. The van der Waals surface area contributed by atoms with E-state index in [9.17, 15) is 9.59 Å². The third kappa shape index (κ3) is 3.65. The van der Waals surface area contributed by atoms with Gasteiger partial charge in [-0.1, -0.05) is 6.08 Å². The van der Waals surface area contributed by atoms with Crippen LogP contribution in [0, 0.1) is 0 Å². The van der Waals surface area contributed by atoms with Crippen molar-refractivity contribution in [1.29, 1.82) is 0 Å². The van der Waals surface area contributed by atoms with Crippen LogP contribution in [0.3, 0.4) is 0 Å². The molecule has 0 spiro atoms. The third-order valence-electron chi connectivity index (χ3n) is 4.30. The van der Waals surface area contributed by atoms with Crippen LogP contribution in [-0.4, -0.2) is 31.6 Å². The number of ether oxygens (including phenoxy) is 2. The number of amides is 1. The molecule has 5 nitrogen and oxygen atoms in total. The Kier molecular flexibility index (Phi) is 5.42. The summed E-state index contributed by atoms with van der Waals surface area (Å²) in [5, 5.41) is 2.62. The third-order valence-corrected chi connectivity index (χ3v) is 5.50. The normalized spacial score (nSPS) is 13.2. The summed E-state index contributed by atoms with van der Waals surface area (Å²) in [6.45, 7) is 5.44. The van der Waals surface area contributed by atoms with Crippen molar-refractivity contribution >= 4 is 23.2 Å². The minimum absolute atomic E-state index is 0.336. The van der Waals surface area contributed by atoms with E-state index in [0.29, 0.717) is 11.4 Å². The lowest BCUT2D eigenvalue weighted by Crippen LogP contribution is -2.35.